The monoisotopic (exact) mass is 246 g/mol. The highest BCUT2D eigenvalue weighted by molar-refractivity contribution is 5.99. The van der Waals surface area contributed by atoms with E-state index in [1.54, 1.807) is 13.0 Å². The minimum absolute atomic E-state index is 0.0593. The molecule has 2 aromatic rings. The molecule has 0 fully saturated rings. The van der Waals surface area contributed by atoms with E-state index in [2.05, 4.69) is 10.3 Å². The molecule has 0 aliphatic rings. The van der Waals surface area contributed by atoms with Gasteiger partial charge in [-0.2, -0.15) is 0 Å². The number of aromatic nitrogens is 1. The number of hydrogen-bond acceptors (Lipinski definition) is 2. The van der Waals surface area contributed by atoms with E-state index in [0.29, 0.717) is 5.56 Å². The van der Waals surface area contributed by atoms with E-state index in [-0.39, 0.29) is 18.6 Å². The maximum atomic E-state index is 11.9. The average molecular weight is 246 g/mol. The molecule has 96 valence electrons. The Kier molecular flexibility index (Phi) is 3.39. The Hall–Kier alpha value is -1.81. The lowest BCUT2D eigenvalue weighted by atomic mass is 10.1. The molecule has 1 atom stereocenters. The summed E-state index contributed by atoms with van der Waals surface area (Å²) in [5, 5.41) is 12.7. The van der Waals surface area contributed by atoms with Gasteiger partial charge in [0.05, 0.1) is 6.61 Å². The molecule has 0 saturated heterocycles. The first-order valence-corrected chi connectivity index (χ1v) is 6.03. The number of aliphatic hydroxyl groups excluding tert-OH is 1. The normalized spacial score (nSPS) is 12.7. The summed E-state index contributed by atoms with van der Waals surface area (Å²) in [4.78, 5) is 15.2. The van der Waals surface area contributed by atoms with Crippen LogP contribution in [-0.2, 0) is 0 Å². The van der Waals surface area contributed by atoms with Crippen molar-refractivity contribution in [2.24, 2.45) is 0 Å². The smallest absolute Gasteiger partial charge is 0.251 e. The number of benzene rings is 1. The lowest BCUT2D eigenvalue weighted by Crippen LogP contribution is -2.34. The summed E-state index contributed by atoms with van der Waals surface area (Å²) in [5.74, 6) is -0.156. The van der Waals surface area contributed by atoms with Crippen LogP contribution in [0.2, 0.25) is 0 Å². The summed E-state index contributed by atoms with van der Waals surface area (Å²) >= 11 is 0. The van der Waals surface area contributed by atoms with Crippen LogP contribution in [0.1, 0.15) is 28.5 Å². The lowest BCUT2D eigenvalue weighted by molar-refractivity contribution is 0.0922. The molecular formula is C14H18N2O2. The fraction of sp³-hybridized carbons (Fsp3) is 0.357. The van der Waals surface area contributed by atoms with Gasteiger partial charge < -0.3 is 15.4 Å². The van der Waals surface area contributed by atoms with Crippen molar-refractivity contribution >= 4 is 16.8 Å². The highest BCUT2D eigenvalue weighted by Gasteiger charge is 2.11. The zero-order chi connectivity index (χ0) is 13.3. The largest absolute Gasteiger partial charge is 0.394 e. The van der Waals surface area contributed by atoms with Gasteiger partial charge in [0.1, 0.15) is 0 Å². The molecule has 1 amide bonds. The number of aliphatic hydroxyl groups is 1. The zero-order valence-electron chi connectivity index (χ0n) is 10.9. The maximum Gasteiger partial charge on any atom is 0.251 e. The van der Waals surface area contributed by atoms with Crippen LogP contribution in [0, 0.1) is 13.8 Å². The predicted molar refractivity (Wildman–Crippen MR) is 71.8 cm³/mol. The third-order valence-corrected chi connectivity index (χ3v) is 3.22. The van der Waals surface area contributed by atoms with E-state index in [9.17, 15) is 4.79 Å². The van der Waals surface area contributed by atoms with Crippen LogP contribution in [-0.4, -0.2) is 28.6 Å². The molecule has 1 aromatic heterocycles. The minimum Gasteiger partial charge on any atom is -0.394 e. The lowest BCUT2D eigenvalue weighted by Gasteiger charge is -2.10. The Balaban J connectivity index is 2.35. The van der Waals surface area contributed by atoms with Crippen molar-refractivity contribution in [1.29, 1.82) is 0 Å². The SMILES string of the molecule is Cc1[nH]c2ccc(C(=O)NC(C)CO)cc2c1C. The Bertz CT molecular complexity index is 587. The number of aryl methyl sites for hydroxylation is 2. The molecule has 4 heteroatoms. The molecule has 3 N–H and O–H groups in total. The van der Waals surface area contributed by atoms with Crippen molar-refractivity contribution in [2.45, 2.75) is 26.8 Å². The highest BCUT2D eigenvalue weighted by atomic mass is 16.3. The van der Waals surface area contributed by atoms with E-state index >= 15 is 0 Å². The van der Waals surface area contributed by atoms with Gasteiger partial charge in [-0.05, 0) is 44.5 Å². The molecule has 4 nitrogen and oxygen atoms in total. The number of hydrogen-bond donors (Lipinski definition) is 3. The summed E-state index contributed by atoms with van der Waals surface area (Å²) in [6.45, 7) is 5.76. The van der Waals surface area contributed by atoms with Crippen LogP contribution >= 0.6 is 0 Å². The minimum atomic E-state index is -0.234. The van der Waals surface area contributed by atoms with Crippen LogP contribution in [0.4, 0.5) is 0 Å². The summed E-state index contributed by atoms with van der Waals surface area (Å²) in [6, 6.07) is 5.35. The first-order chi connectivity index (χ1) is 8.52. The topological polar surface area (TPSA) is 65.1 Å². The number of rotatable bonds is 3. The molecule has 2 rings (SSSR count). The molecule has 1 aromatic carbocycles. The number of carbonyl (C=O) groups excluding carboxylic acids is 1. The number of carbonyl (C=O) groups is 1. The van der Waals surface area contributed by atoms with Gasteiger partial charge in [-0.15, -0.1) is 0 Å². The second-order valence-electron chi connectivity index (χ2n) is 4.69. The second kappa shape index (κ2) is 4.82. The van der Waals surface area contributed by atoms with Crippen LogP contribution in [0.3, 0.4) is 0 Å². The van der Waals surface area contributed by atoms with E-state index in [1.807, 2.05) is 26.0 Å². The number of H-pyrrole nitrogens is 1. The molecular weight excluding hydrogens is 228 g/mol. The quantitative estimate of drug-likeness (QED) is 0.774. The number of nitrogens with one attached hydrogen (secondary N) is 2. The summed E-state index contributed by atoms with van der Waals surface area (Å²) < 4.78 is 0. The van der Waals surface area contributed by atoms with E-state index in [4.69, 9.17) is 5.11 Å². The van der Waals surface area contributed by atoms with Gasteiger partial charge in [-0.25, -0.2) is 0 Å². The Morgan fingerprint density at radius 3 is 2.83 bits per heavy atom. The van der Waals surface area contributed by atoms with Crippen molar-refractivity contribution in [3.05, 3.63) is 35.0 Å². The number of amides is 1. The molecule has 0 spiro atoms. The van der Waals surface area contributed by atoms with Crippen molar-refractivity contribution in [3.63, 3.8) is 0 Å². The van der Waals surface area contributed by atoms with E-state index in [1.165, 1.54) is 0 Å². The maximum absolute atomic E-state index is 11.9. The van der Waals surface area contributed by atoms with Gasteiger partial charge in [0.2, 0.25) is 0 Å². The zero-order valence-corrected chi connectivity index (χ0v) is 10.9. The van der Waals surface area contributed by atoms with Gasteiger partial charge in [0.15, 0.2) is 0 Å². The van der Waals surface area contributed by atoms with Crippen LogP contribution in [0.15, 0.2) is 18.2 Å². The van der Waals surface area contributed by atoms with Gasteiger partial charge in [0.25, 0.3) is 5.91 Å². The van der Waals surface area contributed by atoms with Crippen LogP contribution in [0.5, 0.6) is 0 Å². The molecule has 1 unspecified atom stereocenters. The summed E-state index contributed by atoms with van der Waals surface area (Å²) in [5.41, 5.74) is 3.93. The predicted octanol–water partition coefficient (Wildman–Crippen LogP) is 1.90. The van der Waals surface area contributed by atoms with Crippen LogP contribution < -0.4 is 5.32 Å². The van der Waals surface area contributed by atoms with Crippen molar-refractivity contribution in [3.8, 4) is 0 Å². The Labute approximate surface area is 106 Å². The summed E-state index contributed by atoms with van der Waals surface area (Å²) in [7, 11) is 0. The Morgan fingerprint density at radius 1 is 1.44 bits per heavy atom. The van der Waals surface area contributed by atoms with Crippen molar-refractivity contribution < 1.29 is 9.90 Å². The fourth-order valence-electron chi connectivity index (χ4n) is 1.96. The Morgan fingerprint density at radius 2 is 2.17 bits per heavy atom. The van der Waals surface area contributed by atoms with Crippen LogP contribution in [0.25, 0.3) is 10.9 Å². The van der Waals surface area contributed by atoms with Crippen molar-refractivity contribution in [2.75, 3.05) is 6.61 Å². The van der Waals surface area contributed by atoms with Gasteiger partial charge in [0, 0.05) is 28.2 Å². The molecule has 0 aliphatic carbocycles. The first-order valence-electron chi connectivity index (χ1n) is 6.03. The molecule has 0 saturated carbocycles. The van der Waals surface area contributed by atoms with Gasteiger partial charge in [-0.3, -0.25) is 4.79 Å². The van der Waals surface area contributed by atoms with E-state index in [0.717, 1.165) is 22.2 Å². The van der Waals surface area contributed by atoms with Gasteiger partial charge in [-0.1, -0.05) is 0 Å². The third kappa shape index (κ3) is 2.24. The second-order valence-corrected chi connectivity index (χ2v) is 4.69. The highest BCUT2D eigenvalue weighted by Crippen LogP contribution is 2.22. The average Bonchev–Trinajstić information content (AvgIpc) is 2.64. The standard InChI is InChI=1S/C14H18N2O2/c1-8(7-17)15-14(18)11-4-5-13-12(6-11)9(2)10(3)16-13/h4-6,8,16-17H,7H2,1-3H3,(H,15,18). The number of fused-ring (bicyclic) bond motifs is 1. The third-order valence-electron chi connectivity index (χ3n) is 3.22. The molecule has 0 bridgehead atoms. The van der Waals surface area contributed by atoms with Crippen molar-refractivity contribution in [1.82, 2.24) is 10.3 Å². The molecule has 18 heavy (non-hydrogen) atoms. The summed E-state index contributed by atoms with van der Waals surface area (Å²) in [6.07, 6.45) is 0. The number of aromatic amines is 1. The molecule has 1 heterocycles. The van der Waals surface area contributed by atoms with E-state index < -0.39 is 0 Å². The first kappa shape index (κ1) is 12.6. The van der Waals surface area contributed by atoms with Gasteiger partial charge >= 0.3 is 0 Å². The molecule has 0 radical (unpaired) electrons. The fourth-order valence-corrected chi connectivity index (χ4v) is 1.96. The molecule has 0 aliphatic heterocycles.